The molecule has 2 aliphatic rings. The normalized spacial score (nSPS) is 20.9. The zero-order valence-electron chi connectivity index (χ0n) is 17.4. The van der Waals surface area contributed by atoms with Crippen molar-refractivity contribution in [3.05, 3.63) is 53.1 Å². The van der Waals surface area contributed by atoms with Crippen molar-refractivity contribution in [3.8, 4) is 5.75 Å². The number of hydrogen-bond donors (Lipinski definition) is 0. The highest BCUT2D eigenvalue weighted by Crippen LogP contribution is 2.31. The Kier molecular flexibility index (Phi) is 5.93. The van der Waals surface area contributed by atoms with Crippen molar-refractivity contribution in [3.63, 3.8) is 0 Å². The van der Waals surface area contributed by atoms with E-state index in [0.29, 0.717) is 6.04 Å². The number of ether oxygens (including phenoxy) is 1. The molecule has 1 unspecified atom stereocenters. The lowest BCUT2D eigenvalue weighted by molar-refractivity contribution is 0.133. The highest BCUT2D eigenvalue weighted by Gasteiger charge is 2.27. The molecule has 1 aromatic heterocycles. The molecular formula is C23H32N4O. The van der Waals surface area contributed by atoms with Crippen LogP contribution < -0.4 is 4.74 Å². The molecular weight excluding hydrogens is 348 g/mol. The lowest BCUT2D eigenvalue weighted by atomic mass is 9.99. The molecule has 0 N–H and O–H groups in total. The average molecular weight is 381 g/mol. The average Bonchev–Trinajstić information content (AvgIpc) is 2.69. The smallest absolute Gasteiger partial charge is 0.145 e. The summed E-state index contributed by atoms with van der Waals surface area (Å²) >= 11 is 0. The van der Waals surface area contributed by atoms with E-state index in [-0.39, 0.29) is 6.10 Å². The van der Waals surface area contributed by atoms with Gasteiger partial charge in [0.1, 0.15) is 11.6 Å². The van der Waals surface area contributed by atoms with Gasteiger partial charge in [0.25, 0.3) is 0 Å². The Morgan fingerprint density at radius 2 is 1.96 bits per heavy atom. The van der Waals surface area contributed by atoms with Crippen LogP contribution in [0.5, 0.6) is 5.75 Å². The van der Waals surface area contributed by atoms with E-state index in [4.69, 9.17) is 14.7 Å². The van der Waals surface area contributed by atoms with Gasteiger partial charge in [0, 0.05) is 43.5 Å². The Labute approximate surface area is 168 Å². The van der Waals surface area contributed by atoms with Crippen LogP contribution in [0, 0.1) is 0 Å². The molecule has 4 rings (SSSR count). The van der Waals surface area contributed by atoms with Crippen molar-refractivity contribution in [1.82, 2.24) is 19.8 Å². The van der Waals surface area contributed by atoms with Gasteiger partial charge in [-0.3, -0.25) is 4.90 Å². The van der Waals surface area contributed by atoms with Crippen LogP contribution in [-0.4, -0.2) is 46.0 Å². The first-order valence-electron chi connectivity index (χ1n) is 10.6. The van der Waals surface area contributed by atoms with E-state index in [1.165, 1.54) is 29.7 Å². The fourth-order valence-electron chi connectivity index (χ4n) is 4.29. The third-order valence-corrected chi connectivity index (χ3v) is 5.74. The Balaban J connectivity index is 1.49. The second kappa shape index (κ2) is 8.58. The first-order valence-corrected chi connectivity index (χ1v) is 10.6. The van der Waals surface area contributed by atoms with Crippen molar-refractivity contribution in [2.75, 3.05) is 20.1 Å². The molecule has 3 heterocycles. The van der Waals surface area contributed by atoms with E-state index in [0.717, 1.165) is 50.6 Å². The topological polar surface area (TPSA) is 41.5 Å². The van der Waals surface area contributed by atoms with Crippen LogP contribution >= 0.6 is 0 Å². The van der Waals surface area contributed by atoms with Gasteiger partial charge in [-0.2, -0.15) is 0 Å². The van der Waals surface area contributed by atoms with Crippen LogP contribution in [0.15, 0.2) is 30.5 Å². The molecule has 5 heteroatoms. The standard InChI is InChI=1S/C23H32N4O/c1-17(2)28-20-9-7-18(8-10-20)15-27-12-5-4-6-22(27)23-24-14-19-16-26(3)13-11-21(19)25-23/h7-10,14,17,22H,4-6,11-13,15-16H2,1-3H3. The summed E-state index contributed by atoms with van der Waals surface area (Å²) in [5, 5.41) is 0. The summed E-state index contributed by atoms with van der Waals surface area (Å²) in [7, 11) is 2.16. The molecule has 1 atom stereocenters. The Hall–Kier alpha value is -1.98. The third-order valence-electron chi connectivity index (χ3n) is 5.74. The van der Waals surface area contributed by atoms with Crippen molar-refractivity contribution in [2.45, 2.75) is 64.8 Å². The van der Waals surface area contributed by atoms with Crippen molar-refractivity contribution in [1.29, 1.82) is 0 Å². The molecule has 0 radical (unpaired) electrons. The summed E-state index contributed by atoms with van der Waals surface area (Å²) in [5.41, 5.74) is 3.87. The molecule has 5 nitrogen and oxygen atoms in total. The lowest BCUT2D eigenvalue weighted by Gasteiger charge is -2.35. The summed E-state index contributed by atoms with van der Waals surface area (Å²) in [6.07, 6.45) is 6.96. The van der Waals surface area contributed by atoms with Gasteiger partial charge < -0.3 is 9.64 Å². The van der Waals surface area contributed by atoms with Crippen LogP contribution in [0.1, 0.15) is 61.8 Å². The molecule has 1 fully saturated rings. The van der Waals surface area contributed by atoms with Crippen molar-refractivity contribution in [2.24, 2.45) is 0 Å². The summed E-state index contributed by atoms with van der Waals surface area (Å²) in [4.78, 5) is 14.7. The molecule has 0 amide bonds. The fourth-order valence-corrected chi connectivity index (χ4v) is 4.29. The first-order chi connectivity index (χ1) is 13.6. The van der Waals surface area contributed by atoms with Gasteiger partial charge in [0.2, 0.25) is 0 Å². The molecule has 0 aliphatic carbocycles. The monoisotopic (exact) mass is 380 g/mol. The van der Waals surface area contributed by atoms with Gasteiger partial charge in [-0.15, -0.1) is 0 Å². The van der Waals surface area contributed by atoms with Gasteiger partial charge in [0.15, 0.2) is 0 Å². The minimum Gasteiger partial charge on any atom is -0.491 e. The summed E-state index contributed by atoms with van der Waals surface area (Å²) < 4.78 is 5.77. The number of nitrogens with zero attached hydrogens (tertiary/aromatic N) is 4. The third kappa shape index (κ3) is 4.53. The summed E-state index contributed by atoms with van der Waals surface area (Å²) in [6, 6.07) is 8.87. The number of hydrogen-bond acceptors (Lipinski definition) is 5. The minimum atomic E-state index is 0.207. The lowest BCUT2D eigenvalue weighted by Crippen LogP contribution is -2.35. The number of benzene rings is 1. The van der Waals surface area contributed by atoms with Crippen molar-refractivity contribution >= 4 is 0 Å². The fraction of sp³-hybridized carbons (Fsp3) is 0.565. The highest BCUT2D eigenvalue weighted by atomic mass is 16.5. The summed E-state index contributed by atoms with van der Waals surface area (Å²) in [6.45, 7) is 8.22. The Morgan fingerprint density at radius 1 is 1.14 bits per heavy atom. The minimum absolute atomic E-state index is 0.207. The zero-order valence-corrected chi connectivity index (χ0v) is 17.4. The molecule has 1 aromatic carbocycles. The maximum Gasteiger partial charge on any atom is 0.145 e. The van der Waals surface area contributed by atoms with E-state index in [1.807, 2.05) is 0 Å². The van der Waals surface area contributed by atoms with Gasteiger partial charge >= 0.3 is 0 Å². The quantitative estimate of drug-likeness (QED) is 0.785. The predicted molar refractivity (Wildman–Crippen MR) is 111 cm³/mol. The van der Waals surface area contributed by atoms with E-state index in [2.05, 4.69) is 61.2 Å². The van der Waals surface area contributed by atoms with Gasteiger partial charge in [-0.1, -0.05) is 18.6 Å². The Bertz CT molecular complexity index is 790. The number of aromatic nitrogens is 2. The predicted octanol–water partition coefficient (Wildman–Crippen LogP) is 3.98. The zero-order chi connectivity index (χ0) is 19.5. The second-order valence-electron chi connectivity index (χ2n) is 8.48. The number of rotatable bonds is 5. The van der Waals surface area contributed by atoms with Gasteiger partial charge in [0.05, 0.1) is 12.1 Å². The van der Waals surface area contributed by atoms with Gasteiger partial charge in [-0.05, 0) is 58.0 Å². The maximum atomic E-state index is 5.77. The van der Waals surface area contributed by atoms with Crippen LogP contribution in [0.25, 0.3) is 0 Å². The van der Waals surface area contributed by atoms with E-state index in [1.54, 1.807) is 0 Å². The molecule has 2 aromatic rings. The van der Waals surface area contributed by atoms with Crippen LogP contribution in [0.4, 0.5) is 0 Å². The molecule has 0 spiro atoms. The molecule has 0 saturated carbocycles. The molecule has 0 bridgehead atoms. The van der Waals surface area contributed by atoms with Gasteiger partial charge in [-0.25, -0.2) is 9.97 Å². The SMILES string of the molecule is CC(C)Oc1ccc(CN2CCCCC2c2ncc3c(n2)CCN(C)C3)cc1. The van der Waals surface area contributed by atoms with E-state index in [9.17, 15) is 0 Å². The number of likely N-dealkylation sites (tertiary alicyclic amines) is 1. The number of likely N-dealkylation sites (N-methyl/N-ethyl adjacent to an activating group) is 1. The number of piperidine rings is 1. The maximum absolute atomic E-state index is 5.77. The number of fused-ring (bicyclic) bond motifs is 1. The highest BCUT2D eigenvalue weighted by molar-refractivity contribution is 5.28. The van der Waals surface area contributed by atoms with E-state index < -0.39 is 0 Å². The molecule has 150 valence electrons. The largest absolute Gasteiger partial charge is 0.491 e. The van der Waals surface area contributed by atoms with E-state index >= 15 is 0 Å². The molecule has 2 aliphatic heterocycles. The first kappa shape index (κ1) is 19.3. The van der Waals surface area contributed by atoms with Crippen LogP contribution in [0.2, 0.25) is 0 Å². The molecule has 28 heavy (non-hydrogen) atoms. The van der Waals surface area contributed by atoms with Crippen LogP contribution in [0.3, 0.4) is 0 Å². The van der Waals surface area contributed by atoms with Crippen molar-refractivity contribution < 1.29 is 4.74 Å². The summed E-state index contributed by atoms with van der Waals surface area (Å²) in [5.74, 6) is 1.96. The Morgan fingerprint density at radius 3 is 2.75 bits per heavy atom. The van der Waals surface area contributed by atoms with Crippen LogP contribution in [-0.2, 0) is 19.5 Å². The second-order valence-corrected chi connectivity index (χ2v) is 8.48. The molecule has 1 saturated heterocycles.